The summed E-state index contributed by atoms with van der Waals surface area (Å²) in [5.41, 5.74) is 0.465. The van der Waals surface area contributed by atoms with Crippen LogP contribution in [0.1, 0.15) is 40.0 Å². The molecule has 1 heterocycles. The van der Waals surface area contributed by atoms with E-state index < -0.39 is 0 Å². The first kappa shape index (κ1) is 15.3. The molecule has 0 amide bonds. The van der Waals surface area contributed by atoms with E-state index in [1.54, 1.807) is 0 Å². The summed E-state index contributed by atoms with van der Waals surface area (Å²) in [5.74, 6) is 0.697. The molecule has 1 aliphatic heterocycles. The van der Waals surface area contributed by atoms with E-state index in [2.05, 4.69) is 27.8 Å². The van der Waals surface area contributed by atoms with Gasteiger partial charge in [0, 0.05) is 5.41 Å². The lowest BCUT2D eigenvalue weighted by molar-refractivity contribution is -0.910. The van der Waals surface area contributed by atoms with E-state index in [1.807, 2.05) is 0 Å². The molecule has 0 aromatic carbocycles. The van der Waals surface area contributed by atoms with E-state index in [4.69, 9.17) is 9.47 Å². The molecule has 3 fully saturated rings. The number of carbonyl (C=O) groups excluding carboxylic acids is 1. The average Bonchev–Trinajstić information content (AvgIpc) is 2.72. The zero-order valence-electron chi connectivity index (χ0n) is 14.0. The third kappa shape index (κ3) is 2.40. The number of rotatable bonds is 3. The number of morpholine rings is 1. The van der Waals surface area contributed by atoms with Crippen molar-refractivity contribution in [3.05, 3.63) is 0 Å². The van der Waals surface area contributed by atoms with E-state index in [9.17, 15) is 4.79 Å². The maximum Gasteiger partial charge on any atom is 0.362 e. The van der Waals surface area contributed by atoms with Crippen LogP contribution in [0.4, 0.5) is 0 Å². The van der Waals surface area contributed by atoms with Gasteiger partial charge in [-0.15, -0.1) is 0 Å². The number of quaternary nitrogens is 1. The number of hydrogen-bond donors (Lipinski definition) is 0. The number of fused-ring (bicyclic) bond motifs is 2. The van der Waals surface area contributed by atoms with E-state index in [0.717, 1.165) is 37.2 Å². The van der Waals surface area contributed by atoms with E-state index in [1.165, 1.54) is 12.8 Å². The quantitative estimate of drug-likeness (QED) is 0.592. The summed E-state index contributed by atoms with van der Waals surface area (Å²) in [4.78, 5) is 12.4. The molecule has 21 heavy (non-hydrogen) atoms. The Morgan fingerprint density at radius 2 is 1.95 bits per heavy atom. The van der Waals surface area contributed by atoms with Crippen molar-refractivity contribution in [2.75, 3.05) is 39.9 Å². The van der Waals surface area contributed by atoms with Gasteiger partial charge in [-0.1, -0.05) is 20.8 Å². The molecule has 2 bridgehead atoms. The van der Waals surface area contributed by atoms with Gasteiger partial charge in [0.15, 0.2) is 6.54 Å². The summed E-state index contributed by atoms with van der Waals surface area (Å²) in [5, 5.41) is 0. The van der Waals surface area contributed by atoms with Gasteiger partial charge in [-0.25, -0.2) is 4.79 Å². The van der Waals surface area contributed by atoms with Crippen molar-refractivity contribution in [2.45, 2.75) is 46.1 Å². The number of hydrogen-bond acceptors (Lipinski definition) is 3. The van der Waals surface area contributed by atoms with Crippen LogP contribution in [0, 0.1) is 16.7 Å². The molecule has 120 valence electrons. The van der Waals surface area contributed by atoms with Gasteiger partial charge in [0.2, 0.25) is 0 Å². The van der Waals surface area contributed by atoms with Crippen molar-refractivity contribution in [2.24, 2.45) is 16.7 Å². The van der Waals surface area contributed by atoms with Crippen molar-refractivity contribution in [1.29, 1.82) is 0 Å². The molecule has 2 saturated carbocycles. The van der Waals surface area contributed by atoms with Crippen LogP contribution < -0.4 is 0 Å². The second kappa shape index (κ2) is 4.95. The molecule has 2 aliphatic carbocycles. The van der Waals surface area contributed by atoms with Crippen LogP contribution in [0.3, 0.4) is 0 Å². The number of nitrogens with zero attached hydrogens (tertiary/aromatic N) is 1. The fraction of sp³-hybridized carbons (Fsp3) is 0.941. The molecule has 0 radical (unpaired) electrons. The monoisotopic (exact) mass is 296 g/mol. The summed E-state index contributed by atoms with van der Waals surface area (Å²) >= 11 is 0. The predicted molar refractivity (Wildman–Crippen MR) is 80.7 cm³/mol. The van der Waals surface area contributed by atoms with Crippen LogP contribution >= 0.6 is 0 Å². The highest BCUT2D eigenvalue weighted by molar-refractivity contribution is 5.71. The molecule has 0 unspecified atom stereocenters. The summed E-state index contributed by atoms with van der Waals surface area (Å²) < 4.78 is 12.1. The molecule has 3 atom stereocenters. The van der Waals surface area contributed by atoms with Crippen LogP contribution in [-0.2, 0) is 14.3 Å². The summed E-state index contributed by atoms with van der Waals surface area (Å²) in [6.45, 7) is 10.8. The molecule has 3 aliphatic rings. The van der Waals surface area contributed by atoms with Crippen molar-refractivity contribution in [3.8, 4) is 0 Å². The summed E-state index contributed by atoms with van der Waals surface area (Å²) in [6.07, 6.45) is 3.67. The Labute approximate surface area is 128 Å². The van der Waals surface area contributed by atoms with E-state index in [-0.39, 0.29) is 17.5 Å². The molecule has 0 aromatic heterocycles. The first-order valence-corrected chi connectivity index (χ1v) is 8.38. The van der Waals surface area contributed by atoms with Crippen molar-refractivity contribution < 1.29 is 18.8 Å². The van der Waals surface area contributed by atoms with Gasteiger partial charge in [-0.05, 0) is 30.6 Å². The second-order valence-electron chi connectivity index (χ2n) is 8.43. The van der Waals surface area contributed by atoms with Crippen LogP contribution in [0.2, 0.25) is 0 Å². The number of carbonyl (C=O) groups is 1. The SMILES string of the molecule is CC1(C)[C@@H]2CC[C@@]1(C)[C@@H](OC(=O)C[N+]1(C)CCOCC1)C2. The Hall–Kier alpha value is -0.610. The zero-order chi connectivity index (χ0) is 15.3. The number of likely N-dealkylation sites (N-methyl/N-ethyl adjacent to an activating group) is 1. The Morgan fingerprint density at radius 1 is 1.29 bits per heavy atom. The van der Waals surface area contributed by atoms with E-state index >= 15 is 0 Å². The fourth-order valence-electron chi connectivity index (χ4n) is 4.76. The minimum atomic E-state index is -0.0195. The molecule has 3 rings (SSSR count). The highest BCUT2D eigenvalue weighted by Gasteiger charge is 2.63. The lowest BCUT2D eigenvalue weighted by Gasteiger charge is -2.40. The molecule has 1 saturated heterocycles. The molecule has 0 spiro atoms. The first-order chi connectivity index (χ1) is 9.77. The summed E-state index contributed by atoms with van der Waals surface area (Å²) in [6, 6.07) is 0. The van der Waals surface area contributed by atoms with Gasteiger partial charge >= 0.3 is 5.97 Å². The first-order valence-electron chi connectivity index (χ1n) is 8.38. The third-order valence-electron chi connectivity index (χ3n) is 7.05. The van der Waals surface area contributed by atoms with Gasteiger partial charge in [-0.3, -0.25) is 0 Å². The van der Waals surface area contributed by atoms with Gasteiger partial charge in [0.25, 0.3) is 0 Å². The highest BCUT2D eigenvalue weighted by atomic mass is 16.5. The van der Waals surface area contributed by atoms with Crippen LogP contribution in [0.5, 0.6) is 0 Å². The number of ether oxygens (including phenoxy) is 2. The van der Waals surface area contributed by atoms with Crippen LogP contribution in [-0.4, -0.2) is 56.5 Å². The smallest absolute Gasteiger partial charge is 0.362 e. The Morgan fingerprint density at radius 3 is 2.48 bits per heavy atom. The fourth-order valence-corrected chi connectivity index (χ4v) is 4.76. The maximum atomic E-state index is 12.4. The van der Waals surface area contributed by atoms with Crippen molar-refractivity contribution in [3.63, 3.8) is 0 Å². The Kier molecular flexibility index (Phi) is 3.61. The minimum Gasteiger partial charge on any atom is -0.458 e. The van der Waals surface area contributed by atoms with Crippen molar-refractivity contribution >= 4 is 5.97 Å². The standard InChI is InChI=1S/C17H30NO3/c1-16(2)13-5-6-17(16,3)14(11-13)21-15(19)12-18(4)7-9-20-10-8-18/h13-14H,5-12H2,1-4H3/q+1/t13-,14+,17+/m1/s1. The minimum absolute atomic E-state index is 0.0195. The third-order valence-corrected chi connectivity index (χ3v) is 7.05. The normalized spacial score (nSPS) is 40.2. The molecule has 0 N–H and O–H groups in total. The van der Waals surface area contributed by atoms with Gasteiger partial charge in [0.1, 0.15) is 19.2 Å². The maximum absolute atomic E-state index is 12.4. The lowest BCUT2D eigenvalue weighted by atomic mass is 9.70. The second-order valence-corrected chi connectivity index (χ2v) is 8.43. The Bertz CT molecular complexity index is 428. The highest BCUT2D eigenvalue weighted by Crippen LogP contribution is 2.66. The molecular weight excluding hydrogens is 266 g/mol. The van der Waals surface area contributed by atoms with Gasteiger partial charge in [-0.2, -0.15) is 0 Å². The predicted octanol–water partition coefficient (Wildman–Crippen LogP) is 2.22. The average molecular weight is 296 g/mol. The molecule has 4 heteroatoms. The van der Waals surface area contributed by atoms with E-state index in [0.29, 0.717) is 17.9 Å². The molecule has 4 nitrogen and oxygen atoms in total. The number of esters is 1. The van der Waals surface area contributed by atoms with Gasteiger partial charge < -0.3 is 14.0 Å². The largest absolute Gasteiger partial charge is 0.458 e. The topological polar surface area (TPSA) is 35.5 Å². The van der Waals surface area contributed by atoms with Crippen molar-refractivity contribution in [1.82, 2.24) is 0 Å². The van der Waals surface area contributed by atoms with Crippen LogP contribution in [0.15, 0.2) is 0 Å². The molecular formula is C17H30NO3+. The zero-order valence-corrected chi connectivity index (χ0v) is 14.0. The Balaban J connectivity index is 1.61. The molecule has 0 aromatic rings. The lowest BCUT2D eigenvalue weighted by Crippen LogP contribution is -2.55. The van der Waals surface area contributed by atoms with Gasteiger partial charge in [0.05, 0.1) is 20.3 Å². The summed E-state index contributed by atoms with van der Waals surface area (Å²) in [7, 11) is 2.14. The van der Waals surface area contributed by atoms with Crippen LogP contribution in [0.25, 0.3) is 0 Å².